The Morgan fingerprint density at radius 2 is 2.33 bits per heavy atom. The van der Waals surface area contributed by atoms with Gasteiger partial charge < -0.3 is 5.32 Å². The van der Waals surface area contributed by atoms with Gasteiger partial charge in [-0.2, -0.15) is 0 Å². The van der Waals surface area contributed by atoms with Crippen LogP contribution < -0.4 is 5.32 Å². The second-order valence-corrected chi connectivity index (χ2v) is 6.49. The van der Waals surface area contributed by atoms with E-state index in [1.807, 2.05) is 6.07 Å². The van der Waals surface area contributed by atoms with E-state index in [2.05, 4.69) is 39.2 Å². The van der Waals surface area contributed by atoms with Crippen molar-refractivity contribution in [2.75, 3.05) is 5.32 Å². The van der Waals surface area contributed by atoms with E-state index in [9.17, 15) is 4.79 Å². The van der Waals surface area contributed by atoms with Crippen LogP contribution in [-0.2, 0) is 11.2 Å². The molecular formula is C12H12BrClN2OS. The van der Waals surface area contributed by atoms with Gasteiger partial charge in [0.2, 0.25) is 5.91 Å². The number of nitrogens with one attached hydrogen (secondary N) is 1. The summed E-state index contributed by atoms with van der Waals surface area (Å²) in [5.41, 5.74) is 2.11. The predicted molar refractivity (Wildman–Crippen MR) is 80.6 cm³/mol. The highest BCUT2D eigenvalue weighted by Crippen LogP contribution is 2.31. The Balaban J connectivity index is 2.41. The maximum Gasteiger partial charge on any atom is 0.243 e. The molecule has 1 amide bonds. The number of nitrogens with zero attached hydrogens (tertiary/aromatic N) is 1. The van der Waals surface area contributed by atoms with E-state index in [0.29, 0.717) is 5.13 Å². The summed E-state index contributed by atoms with van der Waals surface area (Å²) >= 11 is 10.7. The largest absolute Gasteiger partial charge is 0.301 e. The fourth-order valence-electron chi connectivity index (χ4n) is 1.59. The Morgan fingerprint density at radius 3 is 2.94 bits per heavy atom. The number of anilines is 1. The number of aromatic nitrogens is 1. The Bertz CT molecular complexity index is 597. The van der Waals surface area contributed by atoms with Gasteiger partial charge >= 0.3 is 0 Å². The van der Waals surface area contributed by atoms with Crippen molar-refractivity contribution in [3.63, 3.8) is 0 Å². The summed E-state index contributed by atoms with van der Waals surface area (Å²) in [5, 5.41) is 2.75. The zero-order valence-electron chi connectivity index (χ0n) is 9.96. The van der Waals surface area contributed by atoms with Crippen LogP contribution >= 0.6 is 38.9 Å². The molecule has 2 rings (SSSR count). The smallest absolute Gasteiger partial charge is 0.243 e. The number of fused-ring (bicyclic) bond motifs is 1. The van der Waals surface area contributed by atoms with Gasteiger partial charge in [0, 0.05) is 4.47 Å². The number of hydrogen-bond donors (Lipinski definition) is 1. The Kier molecular flexibility index (Phi) is 4.25. The Labute approximate surface area is 123 Å². The molecule has 0 radical (unpaired) electrons. The first kappa shape index (κ1) is 13.8. The molecule has 1 atom stereocenters. The summed E-state index contributed by atoms with van der Waals surface area (Å²) < 4.78 is 2.08. The molecule has 1 aromatic carbocycles. The summed E-state index contributed by atoms with van der Waals surface area (Å²) in [6.07, 6.45) is 0.902. The number of hydrogen-bond acceptors (Lipinski definition) is 3. The molecule has 0 saturated carbocycles. The molecule has 0 bridgehead atoms. The van der Waals surface area contributed by atoms with Crippen molar-refractivity contribution in [2.45, 2.75) is 25.6 Å². The summed E-state index contributed by atoms with van der Waals surface area (Å²) in [6.45, 7) is 3.72. The molecule has 0 aliphatic heterocycles. The summed E-state index contributed by atoms with van der Waals surface area (Å²) in [4.78, 5) is 16.0. The van der Waals surface area contributed by atoms with Crippen LogP contribution in [0, 0.1) is 0 Å². The van der Waals surface area contributed by atoms with Crippen LogP contribution in [0.4, 0.5) is 5.13 Å². The third-order valence-corrected chi connectivity index (χ3v) is 4.08. The molecule has 96 valence electrons. The molecule has 0 aliphatic carbocycles. The average Bonchev–Trinajstić information content (AvgIpc) is 2.69. The van der Waals surface area contributed by atoms with Crippen molar-refractivity contribution in [1.29, 1.82) is 0 Å². The molecule has 0 unspecified atom stereocenters. The van der Waals surface area contributed by atoms with Crippen molar-refractivity contribution < 1.29 is 4.79 Å². The molecule has 0 fully saturated rings. The monoisotopic (exact) mass is 346 g/mol. The SMILES string of the molecule is CCc1cc(Br)cc2sc(NC(=O)[C@@H](C)Cl)nc12. The van der Waals surface area contributed by atoms with Crippen LogP contribution in [0.3, 0.4) is 0 Å². The lowest BCUT2D eigenvalue weighted by Gasteiger charge is -2.01. The van der Waals surface area contributed by atoms with E-state index >= 15 is 0 Å². The quantitative estimate of drug-likeness (QED) is 0.846. The fraction of sp³-hybridized carbons (Fsp3) is 0.333. The number of alkyl halides is 1. The first-order valence-electron chi connectivity index (χ1n) is 5.55. The molecule has 1 N–H and O–H groups in total. The Morgan fingerprint density at radius 1 is 1.61 bits per heavy atom. The van der Waals surface area contributed by atoms with E-state index in [1.165, 1.54) is 11.3 Å². The molecule has 0 spiro atoms. The Hall–Kier alpha value is -0.650. The van der Waals surface area contributed by atoms with Crippen molar-refractivity contribution in [3.05, 3.63) is 22.2 Å². The van der Waals surface area contributed by atoms with Crippen LogP contribution in [0.1, 0.15) is 19.4 Å². The maximum absolute atomic E-state index is 11.5. The molecule has 0 aliphatic rings. The van der Waals surface area contributed by atoms with Gasteiger partial charge in [0.15, 0.2) is 5.13 Å². The first-order valence-corrected chi connectivity index (χ1v) is 7.59. The van der Waals surface area contributed by atoms with Crippen molar-refractivity contribution >= 4 is 60.1 Å². The third-order valence-electron chi connectivity index (χ3n) is 2.51. The molecule has 1 aromatic heterocycles. The number of aryl methyl sites for hydroxylation is 1. The van der Waals surface area contributed by atoms with Crippen molar-refractivity contribution in [3.8, 4) is 0 Å². The lowest BCUT2D eigenvalue weighted by atomic mass is 10.1. The number of benzene rings is 1. The normalized spacial score (nSPS) is 12.7. The molecule has 18 heavy (non-hydrogen) atoms. The van der Waals surface area contributed by atoms with Crippen LogP contribution in [0.15, 0.2) is 16.6 Å². The summed E-state index contributed by atoms with van der Waals surface area (Å²) in [6, 6.07) is 4.06. The van der Waals surface area contributed by atoms with Gasteiger partial charge in [-0.05, 0) is 31.0 Å². The van der Waals surface area contributed by atoms with E-state index in [4.69, 9.17) is 11.6 Å². The van der Waals surface area contributed by atoms with Gasteiger partial charge in [0.1, 0.15) is 5.38 Å². The number of amides is 1. The van der Waals surface area contributed by atoms with Gasteiger partial charge in [-0.15, -0.1) is 11.6 Å². The lowest BCUT2D eigenvalue weighted by molar-refractivity contribution is -0.115. The molecule has 3 nitrogen and oxygen atoms in total. The van der Waals surface area contributed by atoms with E-state index in [1.54, 1.807) is 6.92 Å². The highest BCUT2D eigenvalue weighted by Gasteiger charge is 2.13. The van der Waals surface area contributed by atoms with Gasteiger partial charge in [-0.3, -0.25) is 4.79 Å². The molecule has 0 saturated heterocycles. The second-order valence-electron chi connectivity index (χ2n) is 3.89. The number of carbonyl (C=O) groups is 1. The number of halogens is 2. The second kappa shape index (κ2) is 5.55. The molecular weight excluding hydrogens is 336 g/mol. The minimum absolute atomic E-state index is 0.229. The van der Waals surface area contributed by atoms with Crippen LogP contribution in [0.25, 0.3) is 10.2 Å². The lowest BCUT2D eigenvalue weighted by Crippen LogP contribution is -2.20. The molecule has 2 aromatic rings. The average molecular weight is 348 g/mol. The van der Waals surface area contributed by atoms with Crippen molar-refractivity contribution in [1.82, 2.24) is 4.98 Å². The van der Waals surface area contributed by atoms with Crippen LogP contribution in [-0.4, -0.2) is 16.3 Å². The zero-order valence-corrected chi connectivity index (χ0v) is 13.1. The van der Waals surface area contributed by atoms with Gasteiger partial charge in [0.25, 0.3) is 0 Å². The number of thiazole rings is 1. The zero-order chi connectivity index (χ0) is 13.3. The van der Waals surface area contributed by atoms with Gasteiger partial charge in [-0.25, -0.2) is 4.98 Å². The maximum atomic E-state index is 11.5. The van der Waals surface area contributed by atoms with E-state index in [0.717, 1.165) is 26.7 Å². The van der Waals surface area contributed by atoms with E-state index in [-0.39, 0.29) is 5.91 Å². The summed E-state index contributed by atoms with van der Waals surface area (Å²) in [5.74, 6) is -0.229. The predicted octanol–water partition coefficient (Wildman–Crippen LogP) is 4.19. The van der Waals surface area contributed by atoms with Crippen LogP contribution in [0.2, 0.25) is 0 Å². The topological polar surface area (TPSA) is 42.0 Å². The fourth-order valence-corrected chi connectivity index (χ4v) is 3.26. The molecule has 6 heteroatoms. The number of rotatable bonds is 3. The highest BCUT2D eigenvalue weighted by atomic mass is 79.9. The first-order chi connectivity index (χ1) is 8.51. The number of carbonyl (C=O) groups excluding carboxylic acids is 1. The standard InChI is InChI=1S/C12H12BrClN2OS/c1-3-7-4-8(13)5-9-10(7)15-12(18-9)16-11(17)6(2)14/h4-6H,3H2,1-2H3,(H,15,16,17)/t6-/m1/s1. The minimum Gasteiger partial charge on any atom is -0.301 e. The van der Waals surface area contributed by atoms with Crippen LogP contribution in [0.5, 0.6) is 0 Å². The summed E-state index contributed by atoms with van der Waals surface area (Å²) in [7, 11) is 0. The minimum atomic E-state index is -0.561. The van der Waals surface area contributed by atoms with Crippen molar-refractivity contribution in [2.24, 2.45) is 0 Å². The third kappa shape index (κ3) is 2.84. The van der Waals surface area contributed by atoms with Gasteiger partial charge in [0.05, 0.1) is 10.2 Å². The van der Waals surface area contributed by atoms with Gasteiger partial charge in [-0.1, -0.05) is 34.2 Å². The van der Waals surface area contributed by atoms with E-state index < -0.39 is 5.38 Å². The highest BCUT2D eigenvalue weighted by molar-refractivity contribution is 9.10. The molecule has 1 heterocycles.